The van der Waals surface area contributed by atoms with Crippen LogP contribution in [0.4, 0.5) is 11.4 Å². The van der Waals surface area contributed by atoms with E-state index in [4.69, 9.17) is 11.6 Å². The molecular formula is C25H29ClN5O. The summed E-state index contributed by atoms with van der Waals surface area (Å²) < 4.78 is 2.16. The Morgan fingerprint density at radius 3 is 2.72 bits per heavy atom. The van der Waals surface area contributed by atoms with E-state index in [1.165, 1.54) is 5.69 Å². The molecule has 167 valence electrons. The number of hydrogen-bond donors (Lipinski definition) is 1. The Hall–Kier alpha value is -2.70. The lowest BCUT2D eigenvalue weighted by molar-refractivity contribution is 0.0715. The van der Waals surface area contributed by atoms with Gasteiger partial charge in [-0.2, -0.15) is 0 Å². The maximum atomic E-state index is 13.5. The monoisotopic (exact) mass is 450 g/mol. The summed E-state index contributed by atoms with van der Waals surface area (Å²) in [5.41, 5.74) is 4.16. The highest BCUT2D eigenvalue weighted by atomic mass is 35.5. The molecule has 1 amide bonds. The van der Waals surface area contributed by atoms with Crippen molar-refractivity contribution in [3.05, 3.63) is 65.9 Å². The van der Waals surface area contributed by atoms with Gasteiger partial charge < -0.3 is 24.6 Å². The number of anilines is 2. The predicted octanol–water partition coefficient (Wildman–Crippen LogP) is 4.51. The van der Waals surface area contributed by atoms with Crippen LogP contribution in [0.25, 0.3) is 10.9 Å². The summed E-state index contributed by atoms with van der Waals surface area (Å²) in [4.78, 5) is 20.0. The number of benzene rings is 2. The van der Waals surface area contributed by atoms with Crippen molar-refractivity contribution in [2.45, 2.75) is 25.4 Å². The molecule has 3 aromatic rings. The van der Waals surface area contributed by atoms with E-state index in [2.05, 4.69) is 58.6 Å². The van der Waals surface area contributed by atoms with Crippen molar-refractivity contribution >= 4 is 39.8 Å². The molecule has 0 saturated carbocycles. The van der Waals surface area contributed by atoms with E-state index in [-0.39, 0.29) is 5.91 Å². The van der Waals surface area contributed by atoms with Gasteiger partial charge in [0.2, 0.25) is 0 Å². The first-order valence-electron chi connectivity index (χ1n) is 11.2. The molecule has 0 bridgehead atoms. The van der Waals surface area contributed by atoms with Crippen molar-refractivity contribution < 1.29 is 4.79 Å². The molecule has 2 aliphatic rings. The SMILES string of the molecule is CN(C)CCn1cc(C(=O)N2CCC(N3[CH]Nc4ccccc43)CC2)c2ccc(Cl)cc21. The molecule has 1 aromatic heterocycles. The second-order valence-electron chi connectivity index (χ2n) is 8.92. The summed E-state index contributed by atoms with van der Waals surface area (Å²) in [7, 11) is 4.11. The fourth-order valence-corrected chi connectivity index (χ4v) is 4.94. The Balaban J connectivity index is 1.32. The Kier molecular flexibility index (Phi) is 5.74. The highest BCUT2D eigenvalue weighted by Crippen LogP contribution is 2.36. The molecule has 3 heterocycles. The van der Waals surface area contributed by atoms with Crippen LogP contribution in [0, 0.1) is 6.67 Å². The van der Waals surface area contributed by atoms with Crippen molar-refractivity contribution in [3.63, 3.8) is 0 Å². The van der Waals surface area contributed by atoms with Gasteiger partial charge in [-0.15, -0.1) is 0 Å². The van der Waals surface area contributed by atoms with Crippen LogP contribution in [0.5, 0.6) is 0 Å². The fourth-order valence-electron chi connectivity index (χ4n) is 4.78. The number of carbonyl (C=O) groups excluding carboxylic acids is 1. The molecule has 7 heteroatoms. The third kappa shape index (κ3) is 3.93. The Bertz CT molecular complexity index is 1130. The van der Waals surface area contributed by atoms with Crippen LogP contribution in [-0.2, 0) is 6.54 Å². The number of halogens is 1. The molecule has 2 aliphatic heterocycles. The minimum atomic E-state index is 0.114. The van der Waals surface area contributed by atoms with Gasteiger partial charge in [-0.3, -0.25) is 4.79 Å². The molecule has 0 aliphatic carbocycles. The molecule has 6 nitrogen and oxygen atoms in total. The first-order chi connectivity index (χ1) is 15.5. The molecule has 1 fully saturated rings. The summed E-state index contributed by atoms with van der Waals surface area (Å²) in [6, 6.07) is 14.6. The molecule has 5 rings (SSSR count). The zero-order valence-electron chi connectivity index (χ0n) is 18.6. The van der Waals surface area contributed by atoms with Crippen LogP contribution in [0.2, 0.25) is 5.02 Å². The minimum Gasteiger partial charge on any atom is -0.360 e. The summed E-state index contributed by atoms with van der Waals surface area (Å²) in [6.45, 7) is 5.30. The smallest absolute Gasteiger partial charge is 0.256 e. The number of aromatic nitrogens is 1. The van der Waals surface area contributed by atoms with E-state index in [0.29, 0.717) is 11.1 Å². The lowest BCUT2D eigenvalue weighted by atomic mass is 10.0. The minimum absolute atomic E-state index is 0.114. The Morgan fingerprint density at radius 1 is 1.16 bits per heavy atom. The molecule has 1 N–H and O–H groups in total. The van der Waals surface area contributed by atoms with Crippen molar-refractivity contribution in [2.24, 2.45) is 0 Å². The first-order valence-corrected chi connectivity index (χ1v) is 11.6. The number of amides is 1. The first kappa shape index (κ1) is 21.2. The number of rotatable bonds is 5. The van der Waals surface area contributed by atoms with Gasteiger partial charge in [0.25, 0.3) is 5.91 Å². The van der Waals surface area contributed by atoms with Crippen molar-refractivity contribution in [1.82, 2.24) is 14.4 Å². The van der Waals surface area contributed by atoms with E-state index < -0.39 is 0 Å². The summed E-state index contributed by atoms with van der Waals surface area (Å²) in [6.07, 6.45) is 3.90. The maximum absolute atomic E-state index is 13.5. The summed E-state index contributed by atoms with van der Waals surface area (Å²) in [5, 5.41) is 5.03. The second-order valence-corrected chi connectivity index (χ2v) is 9.36. The Morgan fingerprint density at radius 2 is 1.94 bits per heavy atom. The van der Waals surface area contributed by atoms with Gasteiger partial charge in [0, 0.05) is 48.8 Å². The van der Waals surface area contributed by atoms with Crippen LogP contribution >= 0.6 is 11.6 Å². The number of fused-ring (bicyclic) bond motifs is 2. The average Bonchev–Trinajstić information content (AvgIpc) is 3.39. The van der Waals surface area contributed by atoms with Crippen molar-refractivity contribution in [2.75, 3.05) is 43.9 Å². The predicted molar refractivity (Wildman–Crippen MR) is 131 cm³/mol. The van der Waals surface area contributed by atoms with E-state index in [9.17, 15) is 4.79 Å². The zero-order valence-corrected chi connectivity index (χ0v) is 19.3. The average molecular weight is 451 g/mol. The van der Waals surface area contributed by atoms with Gasteiger partial charge in [0.05, 0.1) is 22.5 Å². The molecule has 1 radical (unpaired) electrons. The van der Waals surface area contributed by atoms with Gasteiger partial charge in [0.15, 0.2) is 0 Å². The van der Waals surface area contributed by atoms with Crippen LogP contribution in [0.1, 0.15) is 23.2 Å². The standard InChI is InChI=1S/C25H29ClN5O/c1-28(2)13-14-30-16-21(20-8-7-18(26)15-24(20)30)25(32)29-11-9-19(10-12-29)31-17-27-22-5-3-4-6-23(22)31/h3-8,15-17,19,27H,9-14H2,1-2H3. The Labute approximate surface area is 194 Å². The third-order valence-electron chi connectivity index (χ3n) is 6.55. The van der Waals surface area contributed by atoms with Crippen molar-refractivity contribution in [3.8, 4) is 0 Å². The highest BCUT2D eigenvalue weighted by Gasteiger charge is 2.31. The van der Waals surface area contributed by atoms with Crippen LogP contribution in [-0.4, -0.2) is 60.0 Å². The summed E-state index contributed by atoms with van der Waals surface area (Å²) >= 11 is 6.27. The molecule has 32 heavy (non-hydrogen) atoms. The largest absolute Gasteiger partial charge is 0.360 e. The van der Waals surface area contributed by atoms with Crippen LogP contribution in [0.3, 0.4) is 0 Å². The van der Waals surface area contributed by atoms with E-state index >= 15 is 0 Å². The van der Waals surface area contributed by atoms with Gasteiger partial charge in [0.1, 0.15) is 6.67 Å². The summed E-state index contributed by atoms with van der Waals surface area (Å²) in [5.74, 6) is 0.114. The molecule has 0 atom stereocenters. The van der Waals surface area contributed by atoms with E-state index in [1.807, 2.05) is 35.4 Å². The fraction of sp³-hybridized carbons (Fsp3) is 0.360. The number of carbonyl (C=O) groups is 1. The molecule has 0 spiro atoms. The van der Waals surface area contributed by atoms with Gasteiger partial charge in [-0.1, -0.05) is 29.8 Å². The van der Waals surface area contributed by atoms with Gasteiger partial charge >= 0.3 is 0 Å². The van der Waals surface area contributed by atoms with Gasteiger partial charge in [-0.25, -0.2) is 0 Å². The topological polar surface area (TPSA) is 43.8 Å². The molecule has 1 saturated heterocycles. The number of nitrogens with one attached hydrogen (secondary N) is 1. The van der Waals surface area contributed by atoms with Crippen molar-refractivity contribution in [1.29, 1.82) is 0 Å². The number of likely N-dealkylation sites (tertiary alicyclic amines) is 1. The van der Waals surface area contributed by atoms with Crippen LogP contribution in [0.15, 0.2) is 48.7 Å². The zero-order chi connectivity index (χ0) is 22.2. The lowest BCUT2D eigenvalue weighted by Gasteiger charge is -2.37. The quantitative estimate of drug-likeness (QED) is 0.621. The normalized spacial score (nSPS) is 16.6. The lowest BCUT2D eigenvalue weighted by Crippen LogP contribution is -2.45. The van der Waals surface area contributed by atoms with Gasteiger partial charge in [-0.05, 0) is 51.2 Å². The van der Waals surface area contributed by atoms with E-state index in [0.717, 1.165) is 61.2 Å². The number of nitrogens with zero attached hydrogens (tertiary/aromatic N) is 4. The third-order valence-corrected chi connectivity index (χ3v) is 6.78. The number of likely N-dealkylation sites (N-methyl/N-ethyl adjacent to an activating group) is 1. The highest BCUT2D eigenvalue weighted by molar-refractivity contribution is 6.31. The maximum Gasteiger partial charge on any atom is 0.256 e. The molecule has 0 unspecified atom stereocenters. The molecular weight excluding hydrogens is 422 g/mol. The van der Waals surface area contributed by atoms with E-state index in [1.54, 1.807) is 0 Å². The van der Waals surface area contributed by atoms with Crippen LogP contribution < -0.4 is 10.2 Å². The number of hydrogen-bond acceptors (Lipinski definition) is 4. The second kappa shape index (κ2) is 8.68. The number of para-hydroxylation sites is 2. The molecule has 2 aromatic carbocycles. The number of piperidine rings is 1.